The van der Waals surface area contributed by atoms with Crippen LogP contribution in [0, 0.1) is 0 Å². The van der Waals surface area contributed by atoms with Gasteiger partial charge >= 0.3 is 0 Å². The molecule has 3 amide bonds. The summed E-state index contributed by atoms with van der Waals surface area (Å²) in [6, 6.07) is 18.7. The third-order valence-corrected chi connectivity index (χ3v) is 6.67. The highest BCUT2D eigenvalue weighted by atomic mass is 35.5. The van der Waals surface area contributed by atoms with Crippen LogP contribution in [0.3, 0.4) is 0 Å². The number of carbonyl (C=O) groups excluding carboxylic acids is 4. The average molecular weight is 562 g/mol. The normalized spacial score (nSPS) is 15.6. The fourth-order valence-corrected chi connectivity index (χ4v) is 4.56. The Kier molecular flexibility index (Phi) is 8.32. The molecule has 40 heavy (non-hydrogen) atoms. The number of nitrogens with two attached hydrogens (primary N) is 1. The van der Waals surface area contributed by atoms with Crippen molar-refractivity contribution in [2.75, 3.05) is 16.3 Å². The largest absolute Gasteiger partial charge is 0.356 e. The summed E-state index contributed by atoms with van der Waals surface area (Å²) < 4.78 is 5.45. The standard InChI is InChI=1S/C29H27N5O5.ClH/c1-17(30)27(36)31-23-16-33(28(37)20-13-11-19(12-14-20)18(2)35)24-8-4-5-9-25(24)34(29(23)38)15-22-21-7-3-6-10-26(21)39-32-22;/h3-14,17,23H,15-16,30H2,1-2H3,(H,31,36);1H. The molecule has 0 radical (unpaired) electrons. The smallest absolute Gasteiger partial charge is 0.258 e. The Balaban J connectivity index is 0.00000370. The highest BCUT2D eigenvalue weighted by molar-refractivity contribution is 6.13. The molecule has 1 aromatic heterocycles. The highest BCUT2D eigenvalue weighted by Crippen LogP contribution is 2.35. The van der Waals surface area contributed by atoms with Crippen molar-refractivity contribution in [3.05, 3.63) is 89.6 Å². The van der Waals surface area contributed by atoms with E-state index in [1.807, 2.05) is 18.2 Å². The highest BCUT2D eigenvalue weighted by Gasteiger charge is 2.38. The van der Waals surface area contributed by atoms with E-state index in [4.69, 9.17) is 10.3 Å². The topological polar surface area (TPSA) is 139 Å². The average Bonchev–Trinajstić information content (AvgIpc) is 3.31. The molecule has 1 aliphatic rings. The van der Waals surface area contributed by atoms with Crippen LogP contribution in [0.4, 0.5) is 11.4 Å². The van der Waals surface area contributed by atoms with Gasteiger partial charge in [0.1, 0.15) is 11.7 Å². The summed E-state index contributed by atoms with van der Waals surface area (Å²) >= 11 is 0. The molecule has 206 valence electrons. The number of aromatic nitrogens is 1. The quantitative estimate of drug-likeness (QED) is 0.344. The number of anilines is 2. The van der Waals surface area contributed by atoms with Crippen molar-refractivity contribution in [1.29, 1.82) is 0 Å². The summed E-state index contributed by atoms with van der Waals surface area (Å²) in [4.78, 5) is 55.1. The zero-order chi connectivity index (χ0) is 27.7. The number of para-hydroxylation sites is 3. The first kappa shape index (κ1) is 28.5. The van der Waals surface area contributed by atoms with Crippen molar-refractivity contribution in [3.8, 4) is 0 Å². The minimum Gasteiger partial charge on any atom is -0.356 e. The first-order chi connectivity index (χ1) is 18.7. The molecule has 10 nitrogen and oxygen atoms in total. The molecular formula is C29H28ClN5O5. The second kappa shape index (κ2) is 11.7. The van der Waals surface area contributed by atoms with Gasteiger partial charge in [-0.25, -0.2) is 0 Å². The number of Topliss-reactive ketones (excluding diaryl/α,β-unsaturated/α-hetero) is 1. The first-order valence-electron chi connectivity index (χ1n) is 12.5. The van der Waals surface area contributed by atoms with Crippen molar-refractivity contribution in [2.45, 2.75) is 32.5 Å². The van der Waals surface area contributed by atoms with Crippen molar-refractivity contribution in [2.24, 2.45) is 5.73 Å². The van der Waals surface area contributed by atoms with Crippen LogP contribution >= 0.6 is 12.4 Å². The predicted octanol–water partition coefficient (Wildman–Crippen LogP) is 3.48. The summed E-state index contributed by atoms with van der Waals surface area (Å²) in [7, 11) is 0. The molecule has 2 heterocycles. The van der Waals surface area contributed by atoms with E-state index in [1.165, 1.54) is 23.6 Å². The number of hydrogen-bond acceptors (Lipinski definition) is 7. The lowest BCUT2D eigenvalue weighted by atomic mass is 10.1. The molecule has 2 atom stereocenters. The molecule has 0 aliphatic carbocycles. The van der Waals surface area contributed by atoms with Gasteiger partial charge in [-0.2, -0.15) is 0 Å². The second-order valence-corrected chi connectivity index (χ2v) is 9.44. The van der Waals surface area contributed by atoms with Gasteiger partial charge in [0.15, 0.2) is 11.4 Å². The third-order valence-electron chi connectivity index (χ3n) is 6.67. The number of carbonyl (C=O) groups is 4. The number of hydrogen-bond donors (Lipinski definition) is 2. The summed E-state index contributed by atoms with van der Waals surface area (Å²) in [6.07, 6.45) is 0. The molecule has 3 N–H and O–H groups in total. The van der Waals surface area contributed by atoms with Crippen LogP contribution in [0.25, 0.3) is 11.0 Å². The first-order valence-corrected chi connectivity index (χ1v) is 12.5. The van der Waals surface area contributed by atoms with Crippen LogP contribution in [0.1, 0.15) is 40.3 Å². The molecule has 0 fully saturated rings. The SMILES string of the molecule is CC(=O)c1ccc(C(=O)N2CC(NC(=O)C(C)N)C(=O)N(Cc3noc4ccccc34)c3ccccc32)cc1.Cl. The van der Waals surface area contributed by atoms with Crippen LogP contribution in [0.5, 0.6) is 0 Å². The van der Waals surface area contributed by atoms with E-state index in [9.17, 15) is 19.2 Å². The Morgan fingerprint density at radius 1 is 1.00 bits per heavy atom. The maximum Gasteiger partial charge on any atom is 0.258 e. The maximum absolute atomic E-state index is 14.0. The summed E-state index contributed by atoms with van der Waals surface area (Å²) in [5.74, 6) is -1.45. The Labute approximate surface area is 236 Å². The van der Waals surface area contributed by atoms with E-state index in [2.05, 4.69) is 10.5 Å². The van der Waals surface area contributed by atoms with Crippen molar-refractivity contribution in [3.63, 3.8) is 0 Å². The summed E-state index contributed by atoms with van der Waals surface area (Å²) in [5, 5.41) is 7.65. The van der Waals surface area contributed by atoms with E-state index in [0.717, 1.165) is 5.39 Å². The van der Waals surface area contributed by atoms with Crippen LogP contribution < -0.4 is 20.9 Å². The molecule has 4 aromatic rings. The van der Waals surface area contributed by atoms with Gasteiger partial charge in [0.2, 0.25) is 5.91 Å². The summed E-state index contributed by atoms with van der Waals surface area (Å²) in [6.45, 7) is 2.89. The molecule has 3 aromatic carbocycles. The third kappa shape index (κ3) is 5.45. The van der Waals surface area contributed by atoms with E-state index in [-0.39, 0.29) is 37.2 Å². The second-order valence-electron chi connectivity index (χ2n) is 9.44. The monoisotopic (exact) mass is 561 g/mol. The zero-order valence-corrected chi connectivity index (χ0v) is 22.7. The van der Waals surface area contributed by atoms with Gasteiger partial charge in [0.25, 0.3) is 11.8 Å². The molecule has 5 rings (SSSR count). The van der Waals surface area contributed by atoms with Crippen LogP contribution in [-0.2, 0) is 16.1 Å². The van der Waals surface area contributed by atoms with Crippen molar-refractivity contribution >= 4 is 58.3 Å². The molecule has 0 saturated carbocycles. The van der Waals surface area contributed by atoms with Crippen LogP contribution in [0.15, 0.2) is 77.3 Å². The van der Waals surface area contributed by atoms with Crippen LogP contribution in [0.2, 0.25) is 0 Å². The van der Waals surface area contributed by atoms with Crippen molar-refractivity contribution < 1.29 is 23.7 Å². The predicted molar refractivity (Wildman–Crippen MR) is 153 cm³/mol. The number of nitrogens with one attached hydrogen (secondary N) is 1. The Hall–Kier alpha value is -4.54. The number of benzene rings is 3. The van der Waals surface area contributed by atoms with Gasteiger partial charge in [-0.05, 0) is 50.2 Å². The Bertz CT molecular complexity index is 1580. The number of nitrogens with zero attached hydrogens (tertiary/aromatic N) is 3. The molecule has 2 unspecified atom stereocenters. The number of ketones is 1. The lowest BCUT2D eigenvalue weighted by molar-refractivity contribution is -0.127. The fraction of sp³-hybridized carbons (Fsp3) is 0.207. The number of fused-ring (bicyclic) bond motifs is 2. The molecule has 0 spiro atoms. The van der Waals surface area contributed by atoms with Gasteiger partial charge in [0, 0.05) is 16.5 Å². The van der Waals surface area contributed by atoms with Gasteiger partial charge in [-0.1, -0.05) is 41.6 Å². The molecular weight excluding hydrogens is 534 g/mol. The van der Waals surface area contributed by atoms with Gasteiger partial charge in [-0.15, -0.1) is 12.4 Å². The van der Waals surface area contributed by atoms with Gasteiger partial charge in [-0.3, -0.25) is 19.2 Å². The lowest BCUT2D eigenvalue weighted by Gasteiger charge is -2.25. The summed E-state index contributed by atoms with van der Waals surface area (Å²) in [5.41, 5.74) is 8.66. The molecule has 1 aliphatic heterocycles. The zero-order valence-electron chi connectivity index (χ0n) is 21.9. The maximum atomic E-state index is 14.0. The lowest BCUT2D eigenvalue weighted by Crippen LogP contribution is -2.55. The van der Waals surface area contributed by atoms with E-state index < -0.39 is 23.9 Å². The van der Waals surface area contributed by atoms with Crippen molar-refractivity contribution in [1.82, 2.24) is 10.5 Å². The Morgan fingerprint density at radius 3 is 2.30 bits per heavy atom. The van der Waals surface area contributed by atoms with E-state index in [1.54, 1.807) is 54.6 Å². The minimum atomic E-state index is -1.09. The van der Waals surface area contributed by atoms with Gasteiger partial charge in [0.05, 0.1) is 30.5 Å². The molecule has 0 bridgehead atoms. The fourth-order valence-electron chi connectivity index (χ4n) is 4.56. The number of halogens is 1. The van der Waals surface area contributed by atoms with Gasteiger partial charge < -0.3 is 25.4 Å². The molecule has 0 saturated heterocycles. The number of amides is 3. The van der Waals surface area contributed by atoms with E-state index in [0.29, 0.717) is 33.8 Å². The molecule has 11 heteroatoms. The minimum absolute atomic E-state index is 0. The number of rotatable bonds is 6. The van der Waals surface area contributed by atoms with E-state index >= 15 is 0 Å². The Morgan fingerprint density at radius 2 is 1.62 bits per heavy atom. The van der Waals surface area contributed by atoms with Crippen LogP contribution in [-0.4, -0.2) is 47.3 Å².